The van der Waals surface area contributed by atoms with Gasteiger partial charge < -0.3 is 4.90 Å². The molecule has 96 valence electrons. The molecule has 0 aromatic heterocycles. The van der Waals surface area contributed by atoms with E-state index in [1.807, 2.05) is 6.08 Å². The number of hydrogen-bond donors (Lipinski definition) is 0. The maximum Gasteiger partial charge on any atom is 0.158 e. The van der Waals surface area contributed by atoms with E-state index >= 15 is 0 Å². The normalized spacial score (nSPS) is 15.0. The standard InChI is InChI=1S/C16H21NO/c1-3-17(4-2)15-10-5-13(6-11-15)7-12-16(18)14-8-9-14/h5-7,10-12,14H,3-4,8-9H2,1-2H3. The van der Waals surface area contributed by atoms with Gasteiger partial charge in [-0.15, -0.1) is 0 Å². The van der Waals surface area contributed by atoms with Crippen molar-refractivity contribution in [1.29, 1.82) is 0 Å². The lowest BCUT2D eigenvalue weighted by Gasteiger charge is -2.20. The second-order valence-electron chi connectivity index (χ2n) is 4.77. The van der Waals surface area contributed by atoms with E-state index < -0.39 is 0 Å². The molecule has 1 aromatic rings. The van der Waals surface area contributed by atoms with E-state index in [1.165, 1.54) is 5.69 Å². The number of allylic oxidation sites excluding steroid dienone is 1. The summed E-state index contributed by atoms with van der Waals surface area (Å²) in [7, 11) is 0. The number of rotatable bonds is 6. The molecule has 1 aliphatic carbocycles. The van der Waals surface area contributed by atoms with Crippen LogP contribution in [0.15, 0.2) is 30.3 Å². The van der Waals surface area contributed by atoms with Gasteiger partial charge in [-0.05, 0) is 50.5 Å². The average molecular weight is 243 g/mol. The zero-order valence-electron chi connectivity index (χ0n) is 11.2. The highest BCUT2D eigenvalue weighted by atomic mass is 16.1. The Morgan fingerprint density at radius 3 is 2.33 bits per heavy atom. The number of ketones is 1. The van der Waals surface area contributed by atoms with Gasteiger partial charge in [0.1, 0.15) is 0 Å². The van der Waals surface area contributed by atoms with Gasteiger partial charge in [0.05, 0.1) is 0 Å². The average Bonchev–Trinajstić information content (AvgIpc) is 3.23. The molecule has 1 aliphatic rings. The summed E-state index contributed by atoms with van der Waals surface area (Å²) >= 11 is 0. The molecule has 18 heavy (non-hydrogen) atoms. The van der Waals surface area contributed by atoms with E-state index in [-0.39, 0.29) is 5.78 Å². The van der Waals surface area contributed by atoms with Crippen LogP contribution in [0.5, 0.6) is 0 Å². The SMILES string of the molecule is CCN(CC)c1ccc(C=CC(=O)C2CC2)cc1. The van der Waals surface area contributed by atoms with Gasteiger partial charge in [-0.25, -0.2) is 0 Å². The Hall–Kier alpha value is -1.57. The van der Waals surface area contributed by atoms with Crippen molar-refractivity contribution >= 4 is 17.5 Å². The van der Waals surface area contributed by atoms with E-state index in [1.54, 1.807) is 6.08 Å². The fourth-order valence-electron chi connectivity index (χ4n) is 2.07. The van der Waals surface area contributed by atoms with Gasteiger partial charge in [0, 0.05) is 24.7 Å². The van der Waals surface area contributed by atoms with Crippen molar-refractivity contribution in [2.45, 2.75) is 26.7 Å². The van der Waals surface area contributed by atoms with E-state index in [2.05, 4.69) is 43.0 Å². The van der Waals surface area contributed by atoms with Crippen molar-refractivity contribution in [3.8, 4) is 0 Å². The molecule has 1 fully saturated rings. The van der Waals surface area contributed by atoms with Crippen LogP contribution in [-0.4, -0.2) is 18.9 Å². The number of benzene rings is 1. The summed E-state index contributed by atoms with van der Waals surface area (Å²) in [6, 6.07) is 8.39. The fourth-order valence-corrected chi connectivity index (χ4v) is 2.07. The van der Waals surface area contributed by atoms with Gasteiger partial charge in [-0.2, -0.15) is 0 Å². The Labute approximate surface area is 109 Å². The quantitative estimate of drug-likeness (QED) is 0.712. The minimum atomic E-state index is 0.280. The summed E-state index contributed by atoms with van der Waals surface area (Å²) in [6.45, 7) is 6.36. The van der Waals surface area contributed by atoms with Crippen molar-refractivity contribution in [3.05, 3.63) is 35.9 Å². The maximum atomic E-state index is 11.6. The third-order valence-corrected chi connectivity index (χ3v) is 3.44. The molecule has 0 heterocycles. The molecule has 0 bridgehead atoms. The first kappa shape index (κ1) is 12.9. The zero-order chi connectivity index (χ0) is 13.0. The van der Waals surface area contributed by atoms with Crippen molar-refractivity contribution in [3.63, 3.8) is 0 Å². The van der Waals surface area contributed by atoms with Crippen molar-refractivity contribution in [1.82, 2.24) is 0 Å². The summed E-state index contributed by atoms with van der Waals surface area (Å²) in [6.07, 6.45) is 5.80. The lowest BCUT2D eigenvalue weighted by molar-refractivity contribution is -0.115. The van der Waals surface area contributed by atoms with Crippen LogP contribution in [-0.2, 0) is 4.79 Å². The minimum absolute atomic E-state index is 0.280. The molecule has 2 rings (SSSR count). The van der Waals surface area contributed by atoms with Crippen LogP contribution in [0, 0.1) is 5.92 Å². The van der Waals surface area contributed by atoms with Crippen LogP contribution < -0.4 is 4.90 Å². The van der Waals surface area contributed by atoms with Crippen LogP contribution in [0.1, 0.15) is 32.3 Å². The first-order chi connectivity index (χ1) is 8.74. The van der Waals surface area contributed by atoms with Crippen LogP contribution in [0.3, 0.4) is 0 Å². The second-order valence-corrected chi connectivity index (χ2v) is 4.77. The summed E-state index contributed by atoms with van der Waals surface area (Å²) in [5, 5.41) is 0. The monoisotopic (exact) mass is 243 g/mol. The van der Waals surface area contributed by atoms with E-state index in [4.69, 9.17) is 0 Å². The third kappa shape index (κ3) is 3.22. The Morgan fingerprint density at radius 1 is 1.22 bits per heavy atom. The lowest BCUT2D eigenvalue weighted by atomic mass is 10.1. The Balaban J connectivity index is 2.00. The van der Waals surface area contributed by atoms with Gasteiger partial charge >= 0.3 is 0 Å². The van der Waals surface area contributed by atoms with E-state index in [0.717, 1.165) is 31.5 Å². The Morgan fingerprint density at radius 2 is 1.83 bits per heavy atom. The smallest absolute Gasteiger partial charge is 0.158 e. The Kier molecular flexibility index (Phi) is 4.19. The van der Waals surface area contributed by atoms with Crippen molar-refractivity contribution < 1.29 is 4.79 Å². The summed E-state index contributed by atoms with van der Waals surface area (Å²) in [5.41, 5.74) is 2.34. The number of carbonyl (C=O) groups excluding carboxylic acids is 1. The molecule has 0 N–H and O–H groups in total. The van der Waals surface area contributed by atoms with Crippen molar-refractivity contribution in [2.75, 3.05) is 18.0 Å². The summed E-state index contributed by atoms with van der Waals surface area (Å²) in [5.74, 6) is 0.596. The zero-order valence-corrected chi connectivity index (χ0v) is 11.2. The molecule has 0 aliphatic heterocycles. The van der Waals surface area contributed by atoms with Gasteiger partial charge in [-0.1, -0.05) is 18.2 Å². The molecule has 2 nitrogen and oxygen atoms in total. The van der Waals surface area contributed by atoms with E-state index in [9.17, 15) is 4.79 Å². The predicted octanol–water partition coefficient (Wildman–Crippen LogP) is 3.53. The first-order valence-electron chi connectivity index (χ1n) is 6.81. The molecule has 0 amide bonds. The fraction of sp³-hybridized carbons (Fsp3) is 0.438. The largest absolute Gasteiger partial charge is 0.372 e. The second kappa shape index (κ2) is 5.85. The highest BCUT2D eigenvalue weighted by Crippen LogP contribution is 2.30. The molecule has 0 spiro atoms. The molecular formula is C16H21NO. The topological polar surface area (TPSA) is 20.3 Å². The molecule has 1 saturated carbocycles. The van der Waals surface area contributed by atoms with Gasteiger partial charge in [0.25, 0.3) is 0 Å². The molecule has 0 saturated heterocycles. The highest BCUT2D eigenvalue weighted by Gasteiger charge is 2.27. The molecular weight excluding hydrogens is 222 g/mol. The van der Waals surface area contributed by atoms with Crippen LogP contribution in [0.2, 0.25) is 0 Å². The number of hydrogen-bond acceptors (Lipinski definition) is 2. The summed E-state index contributed by atoms with van der Waals surface area (Å²) < 4.78 is 0. The highest BCUT2D eigenvalue weighted by molar-refractivity contribution is 5.96. The van der Waals surface area contributed by atoms with E-state index in [0.29, 0.717) is 5.92 Å². The number of carbonyl (C=O) groups is 1. The van der Waals surface area contributed by atoms with Gasteiger partial charge in [0.15, 0.2) is 5.78 Å². The van der Waals surface area contributed by atoms with Crippen LogP contribution in [0.25, 0.3) is 6.08 Å². The molecule has 0 radical (unpaired) electrons. The van der Waals surface area contributed by atoms with Gasteiger partial charge in [-0.3, -0.25) is 4.79 Å². The van der Waals surface area contributed by atoms with Crippen LogP contribution in [0.4, 0.5) is 5.69 Å². The summed E-state index contributed by atoms with van der Waals surface area (Å²) in [4.78, 5) is 13.9. The van der Waals surface area contributed by atoms with Gasteiger partial charge in [0.2, 0.25) is 0 Å². The van der Waals surface area contributed by atoms with Crippen LogP contribution >= 0.6 is 0 Å². The Bertz CT molecular complexity index is 425. The number of nitrogens with zero attached hydrogens (tertiary/aromatic N) is 1. The predicted molar refractivity (Wildman–Crippen MR) is 76.8 cm³/mol. The lowest BCUT2D eigenvalue weighted by Crippen LogP contribution is -2.21. The maximum absolute atomic E-state index is 11.6. The molecule has 0 unspecified atom stereocenters. The van der Waals surface area contributed by atoms with Crippen molar-refractivity contribution in [2.24, 2.45) is 5.92 Å². The molecule has 2 heteroatoms. The molecule has 0 atom stereocenters. The minimum Gasteiger partial charge on any atom is -0.372 e. The third-order valence-electron chi connectivity index (χ3n) is 3.44. The number of anilines is 1. The molecule has 1 aromatic carbocycles. The first-order valence-corrected chi connectivity index (χ1v) is 6.81.